The molecule has 9 nitrogen and oxygen atoms in total. The van der Waals surface area contributed by atoms with Gasteiger partial charge in [-0.1, -0.05) is 11.2 Å². The molecule has 0 atom stereocenters. The SMILES string of the molecule is Cc1nc2ncnn2c(C)c1CCC(=O)OCc1nc(-c2cccs2)no1. The molecular weight excluding hydrogens is 368 g/mol. The fourth-order valence-electron chi connectivity index (χ4n) is 2.78. The molecule has 0 aliphatic heterocycles. The minimum absolute atomic E-state index is 0.0461. The number of carbonyl (C=O) groups excluding carboxylic acids is 1. The van der Waals surface area contributed by atoms with Crippen molar-refractivity contribution in [2.45, 2.75) is 33.3 Å². The van der Waals surface area contributed by atoms with Crippen molar-refractivity contribution in [2.24, 2.45) is 0 Å². The maximum Gasteiger partial charge on any atom is 0.306 e. The highest BCUT2D eigenvalue weighted by Gasteiger charge is 2.15. The van der Waals surface area contributed by atoms with Gasteiger partial charge in [-0.3, -0.25) is 4.79 Å². The van der Waals surface area contributed by atoms with Gasteiger partial charge in [0.25, 0.3) is 11.7 Å². The van der Waals surface area contributed by atoms with Crippen molar-refractivity contribution in [3.05, 3.63) is 46.7 Å². The van der Waals surface area contributed by atoms with E-state index < -0.39 is 0 Å². The Morgan fingerprint density at radius 2 is 2.22 bits per heavy atom. The van der Waals surface area contributed by atoms with Crippen LogP contribution in [0.25, 0.3) is 16.5 Å². The van der Waals surface area contributed by atoms with E-state index >= 15 is 0 Å². The van der Waals surface area contributed by atoms with Gasteiger partial charge in [0.1, 0.15) is 6.33 Å². The minimum Gasteiger partial charge on any atom is -0.456 e. The maximum atomic E-state index is 12.1. The van der Waals surface area contributed by atoms with Crippen molar-refractivity contribution in [2.75, 3.05) is 0 Å². The molecule has 0 fully saturated rings. The van der Waals surface area contributed by atoms with Crippen LogP contribution in [0.2, 0.25) is 0 Å². The molecule has 0 amide bonds. The Kier molecular flexibility index (Phi) is 4.63. The van der Waals surface area contributed by atoms with Gasteiger partial charge in [0.2, 0.25) is 5.82 Å². The van der Waals surface area contributed by atoms with Gasteiger partial charge in [-0.25, -0.2) is 9.50 Å². The number of aromatic nitrogens is 6. The third kappa shape index (κ3) is 3.56. The third-order valence-corrected chi connectivity index (χ3v) is 5.00. The van der Waals surface area contributed by atoms with E-state index in [1.165, 1.54) is 17.7 Å². The summed E-state index contributed by atoms with van der Waals surface area (Å²) in [4.78, 5) is 25.7. The monoisotopic (exact) mass is 384 g/mol. The highest BCUT2D eigenvalue weighted by Crippen LogP contribution is 2.21. The zero-order valence-corrected chi connectivity index (χ0v) is 15.6. The number of carbonyl (C=O) groups is 1. The average molecular weight is 384 g/mol. The summed E-state index contributed by atoms with van der Waals surface area (Å²) in [6.45, 7) is 3.78. The molecule has 0 bridgehead atoms. The second-order valence-corrected chi connectivity index (χ2v) is 6.83. The lowest BCUT2D eigenvalue weighted by Crippen LogP contribution is -2.10. The zero-order valence-electron chi connectivity index (χ0n) is 14.7. The average Bonchev–Trinajstić information content (AvgIpc) is 3.39. The molecule has 0 radical (unpaired) electrons. The van der Waals surface area contributed by atoms with Crippen LogP contribution in [0, 0.1) is 13.8 Å². The lowest BCUT2D eigenvalue weighted by Gasteiger charge is -2.09. The summed E-state index contributed by atoms with van der Waals surface area (Å²) in [5.41, 5.74) is 2.71. The van der Waals surface area contributed by atoms with E-state index in [4.69, 9.17) is 9.26 Å². The van der Waals surface area contributed by atoms with Crippen molar-refractivity contribution >= 4 is 23.1 Å². The standard InChI is InChI=1S/C17H16N6O3S/c1-10-12(11(2)23-17(20-10)18-9-19-23)5-6-15(24)25-8-14-21-16(22-26-14)13-4-3-7-27-13/h3-4,7,9H,5-6,8H2,1-2H3. The number of nitrogens with zero attached hydrogens (tertiary/aromatic N) is 6. The van der Waals surface area contributed by atoms with Crippen molar-refractivity contribution in [3.63, 3.8) is 0 Å². The quantitative estimate of drug-likeness (QED) is 0.467. The molecule has 0 aliphatic carbocycles. The van der Waals surface area contributed by atoms with Gasteiger partial charge in [0, 0.05) is 17.8 Å². The lowest BCUT2D eigenvalue weighted by molar-refractivity contribution is -0.145. The summed E-state index contributed by atoms with van der Waals surface area (Å²) in [6.07, 6.45) is 2.18. The number of rotatable bonds is 6. The predicted octanol–water partition coefficient (Wildman–Crippen LogP) is 2.53. The molecule has 4 aromatic heterocycles. The third-order valence-electron chi connectivity index (χ3n) is 4.13. The molecule has 0 saturated carbocycles. The molecular formula is C17H16N6O3S. The molecule has 0 spiro atoms. The molecule has 0 unspecified atom stereocenters. The first-order valence-corrected chi connectivity index (χ1v) is 9.17. The molecule has 138 valence electrons. The van der Waals surface area contributed by atoms with Crippen LogP contribution in [0.3, 0.4) is 0 Å². The molecule has 0 aliphatic rings. The predicted molar refractivity (Wildman–Crippen MR) is 96.0 cm³/mol. The Hall–Kier alpha value is -3.14. The molecule has 0 aromatic carbocycles. The minimum atomic E-state index is -0.344. The summed E-state index contributed by atoms with van der Waals surface area (Å²) in [6, 6.07) is 3.81. The summed E-state index contributed by atoms with van der Waals surface area (Å²) in [5.74, 6) is 0.969. The van der Waals surface area contributed by atoms with Gasteiger partial charge in [-0.2, -0.15) is 15.1 Å². The van der Waals surface area contributed by atoms with Crippen LogP contribution in [0.4, 0.5) is 0 Å². The number of esters is 1. The number of hydrogen-bond donors (Lipinski definition) is 0. The first kappa shape index (κ1) is 17.3. The zero-order chi connectivity index (χ0) is 18.8. The van der Waals surface area contributed by atoms with Crippen LogP contribution < -0.4 is 0 Å². The molecule has 27 heavy (non-hydrogen) atoms. The summed E-state index contributed by atoms with van der Waals surface area (Å²) < 4.78 is 12.0. The van der Waals surface area contributed by atoms with E-state index in [-0.39, 0.29) is 24.9 Å². The lowest BCUT2D eigenvalue weighted by atomic mass is 10.1. The van der Waals surface area contributed by atoms with Gasteiger partial charge in [-0.15, -0.1) is 11.3 Å². The van der Waals surface area contributed by atoms with E-state index in [1.54, 1.807) is 4.52 Å². The number of thiophene rings is 1. The van der Waals surface area contributed by atoms with Crippen LogP contribution in [-0.4, -0.2) is 35.7 Å². The van der Waals surface area contributed by atoms with E-state index in [2.05, 4.69) is 25.2 Å². The second-order valence-electron chi connectivity index (χ2n) is 5.88. The van der Waals surface area contributed by atoms with E-state index in [1.807, 2.05) is 31.4 Å². The normalized spacial score (nSPS) is 11.2. The number of fused-ring (bicyclic) bond motifs is 1. The Morgan fingerprint density at radius 1 is 1.33 bits per heavy atom. The van der Waals surface area contributed by atoms with Gasteiger partial charge >= 0.3 is 5.97 Å². The molecule has 10 heteroatoms. The van der Waals surface area contributed by atoms with Crippen molar-refractivity contribution in [1.82, 2.24) is 29.7 Å². The molecule has 4 heterocycles. The Bertz CT molecular complexity index is 1090. The highest BCUT2D eigenvalue weighted by molar-refractivity contribution is 7.13. The van der Waals surface area contributed by atoms with Crippen molar-refractivity contribution in [3.8, 4) is 10.7 Å². The molecule has 0 N–H and O–H groups in total. The summed E-state index contributed by atoms with van der Waals surface area (Å²) >= 11 is 1.51. The molecule has 4 rings (SSSR count). The van der Waals surface area contributed by atoms with E-state index in [0.29, 0.717) is 18.0 Å². The first-order valence-electron chi connectivity index (χ1n) is 8.29. The Morgan fingerprint density at radius 3 is 3.04 bits per heavy atom. The molecule has 0 saturated heterocycles. The van der Waals surface area contributed by atoms with E-state index in [0.717, 1.165) is 21.8 Å². The first-order chi connectivity index (χ1) is 13.1. The summed E-state index contributed by atoms with van der Waals surface area (Å²) in [5, 5.41) is 9.96. The Balaban J connectivity index is 1.35. The fraction of sp³-hybridized carbons (Fsp3) is 0.294. The fourth-order valence-corrected chi connectivity index (χ4v) is 3.43. The van der Waals surface area contributed by atoms with E-state index in [9.17, 15) is 4.79 Å². The smallest absolute Gasteiger partial charge is 0.306 e. The van der Waals surface area contributed by atoms with Crippen molar-refractivity contribution < 1.29 is 14.1 Å². The van der Waals surface area contributed by atoms with Crippen LogP contribution in [-0.2, 0) is 22.6 Å². The summed E-state index contributed by atoms with van der Waals surface area (Å²) in [7, 11) is 0. The van der Waals surface area contributed by atoms with Crippen LogP contribution in [0.1, 0.15) is 29.3 Å². The number of ether oxygens (including phenoxy) is 1. The van der Waals surface area contributed by atoms with Gasteiger partial charge in [-0.05, 0) is 37.3 Å². The van der Waals surface area contributed by atoms with Crippen LogP contribution >= 0.6 is 11.3 Å². The molecule has 4 aromatic rings. The van der Waals surface area contributed by atoms with Crippen LogP contribution in [0.15, 0.2) is 28.4 Å². The Labute approximate surface area is 158 Å². The maximum absolute atomic E-state index is 12.1. The number of aryl methyl sites for hydroxylation is 2. The largest absolute Gasteiger partial charge is 0.456 e. The van der Waals surface area contributed by atoms with Gasteiger partial charge in [0.05, 0.1) is 4.88 Å². The second kappa shape index (κ2) is 7.23. The number of hydrogen-bond acceptors (Lipinski definition) is 9. The highest BCUT2D eigenvalue weighted by atomic mass is 32.1. The van der Waals surface area contributed by atoms with Crippen molar-refractivity contribution in [1.29, 1.82) is 0 Å². The topological polar surface area (TPSA) is 108 Å². The van der Waals surface area contributed by atoms with Gasteiger partial charge in [0.15, 0.2) is 6.61 Å². The van der Waals surface area contributed by atoms with Gasteiger partial charge < -0.3 is 9.26 Å². The van der Waals surface area contributed by atoms with Crippen LogP contribution in [0.5, 0.6) is 0 Å².